The number of rotatable bonds is 5. The molecule has 6 nitrogen and oxygen atoms in total. The molecule has 0 aliphatic heterocycles. The quantitative estimate of drug-likeness (QED) is 0.735. The molecule has 3 N–H and O–H groups in total. The summed E-state index contributed by atoms with van der Waals surface area (Å²) in [5.41, 5.74) is 2.96. The lowest BCUT2D eigenvalue weighted by Gasteiger charge is -2.36. The Bertz CT molecular complexity index is 803. The van der Waals surface area contributed by atoms with Gasteiger partial charge in [-0.25, -0.2) is 4.79 Å². The van der Waals surface area contributed by atoms with E-state index in [2.05, 4.69) is 10.3 Å². The number of hydrogen-bond donors (Lipinski definition) is 3. The number of carbonyl (C=O) groups excluding carboxylic acids is 1. The first-order valence-electron chi connectivity index (χ1n) is 9.87. The fourth-order valence-corrected chi connectivity index (χ4v) is 3.86. The average molecular weight is 383 g/mol. The van der Waals surface area contributed by atoms with Crippen molar-refractivity contribution in [1.82, 2.24) is 15.2 Å². The molecule has 0 saturated heterocycles. The Morgan fingerprint density at radius 1 is 1.29 bits per heavy atom. The zero-order chi connectivity index (χ0) is 20.1. The molecule has 1 heterocycles. The van der Waals surface area contributed by atoms with Gasteiger partial charge in [0.25, 0.3) is 0 Å². The van der Waals surface area contributed by atoms with Crippen molar-refractivity contribution in [1.29, 1.82) is 0 Å². The van der Waals surface area contributed by atoms with Crippen molar-refractivity contribution in [2.24, 2.45) is 0 Å². The van der Waals surface area contributed by atoms with Crippen LogP contribution in [0.4, 0.5) is 4.79 Å². The normalized spacial score (nSPS) is 20.4. The summed E-state index contributed by atoms with van der Waals surface area (Å²) in [7, 11) is 0. The van der Waals surface area contributed by atoms with Crippen LogP contribution in [0.15, 0.2) is 42.7 Å². The zero-order valence-corrected chi connectivity index (χ0v) is 16.5. The second-order valence-corrected chi connectivity index (χ2v) is 7.66. The molecular formula is C22H29N3O3. The van der Waals surface area contributed by atoms with Gasteiger partial charge in [-0.2, -0.15) is 0 Å². The second kappa shape index (κ2) is 9.06. The molecule has 1 aromatic heterocycles. The lowest BCUT2D eigenvalue weighted by molar-refractivity contribution is 0.0811. The molecule has 1 saturated carbocycles. The Hall–Kier alpha value is -2.60. The third-order valence-electron chi connectivity index (χ3n) is 5.52. The number of hydrogen-bond acceptors (Lipinski definition) is 4. The van der Waals surface area contributed by atoms with Crippen LogP contribution in [0.25, 0.3) is 0 Å². The van der Waals surface area contributed by atoms with Gasteiger partial charge in [0.1, 0.15) is 5.75 Å². The van der Waals surface area contributed by atoms with E-state index in [0.717, 1.165) is 29.5 Å². The largest absolute Gasteiger partial charge is 0.508 e. The number of aromatic hydroxyl groups is 1. The molecule has 6 heteroatoms. The summed E-state index contributed by atoms with van der Waals surface area (Å²) in [5.74, 6) is 0.191. The van der Waals surface area contributed by atoms with Crippen LogP contribution in [0.2, 0.25) is 0 Å². The minimum Gasteiger partial charge on any atom is -0.508 e. The highest BCUT2D eigenvalue weighted by Gasteiger charge is 2.29. The van der Waals surface area contributed by atoms with Crippen LogP contribution in [0.1, 0.15) is 55.3 Å². The first kappa shape index (κ1) is 20.1. The Kier molecular flexibility index (Phi) is 6.52. The monoisotopic (exact) mass is 383 g/mol. The summed E-state index contributed by atoms with van der Waals surface area (Å²) in [5, 5.41) is 22.7. The number of nitrogens with one attached hydrogen (secondary N) is 1. The van der Waals surface area contributed by atoms with Gasteiger partial charge in [-0.1, -0.05) is 12.1 Å². The number of amides is 2. The average Bonchev–Trinajstić information content (AvgIpc) is 2.67. The van der Waals surface area contributed by atoms with Gasteiger partial charge in [0.2, 0.25) is 0 Å². The smallest absolute Gasteiger partial charge is 0.318 e. The van der Waals surface area contributed by atoms with Crippen LogP contribution in [0.5, 0.6) is 5.75 Å². The molecule has 1 aromatic carbocycles. The molecule has 2 amide bonds. The molecule has 1 unspecified atom stereocenters. The van der Waals surface area contributed by atoms with E-state index in [1.807, 2.05) is 30.9 Å². The molecule has 3 rings (SSSR count). The minimum absolute atomic E-state index is 0.0629. The van der Waals surface area contributed by atoms with Crippen LogP contribution in [0, 0.1) is 6.92 Å². The summed E-state index contributed by atoms with van der Waals surface area (Å²) in [6.45, 7) is 4.38. The predicted octanol–water partition coefficient (Wildman–Crippen LogP) is 3.67. The van der Waals surface area contributed by atoms with E-state index >= 15 is 0 Å². The fourth-order valence-electron chi connectivity index (χ4n) is 3.86. The molecule has 1 fully saturated rings. The van der Waals surface area contributed by atoms with Gasteiger partial charge in [-0.05, 0) is 74.4 Å². The van der Waals surface area contributed by atoms with E-state index in [9.17, 15) is 15.0 Å². The minimum atomic E-state index is -0.279. The van der Waals surface area contributed by atoms with Gasteiger partial charge in [0, 0.05) is 25.0 Å². The van der Waals surface area contributed by atoms with Crippen LogP contribution in [0.3, 0.4) is 0 Å². The number of aryl methyl sites for hydroxylation is 1. The van der Waals surface area contributed by atoms with E-state index < -0.39 is 0 Å². The molecule has 1 aliphatic rings. The lowest BCUT2D eigenvalue weighted by Crippen LogP contribution is -2.48. The molecule has 2 aromatic rings. The van der Waals surface area contributed by atoms with E-state index in [1.165, 1.54) is 0 Å². The summed E-state index contributed by atoms with van der Waals surface area (Å²) >= 11 is 0. The maximum Gasteiger partial charge on any atom is 0.318 e. The number of nitrogens with zero attached hydrogens (tertiary/aromatic N) is 2. The first-order valence-corrected chi connectivity index (χ1v) is 9.87. The van der Waals surface area contributed by atoms with Gasteiger partial charge in [-0.3, -0.25) is 4.98 Å². The molecule has 28 heavy (non-hydrogen) atoms. The first-order chi connectivity index (χ1) is 13.4. The number of pyridine rings is 1. The number of carbonyl (C=O) groups is 1. The fraction of sp³-hybridized carbons (Fsp3) is 0.455. The summed E-state index contributed by atoms with van der Waals surface area (Å²) in [4.78, 5) is 19.2. The number of phenols is 1. The van der Waals surface area contributed by atoms with Crippen LogP contribution in [-0.2, 0) is 6.54 Å². The van der Waals surface area contributed by atoms with E-state index in [-0.39, 0.29) is 30.0 Å². The van der Waals surface area contributed by atoms with Crippen molar-refractivity contribution >= 4 is 6.03 Å². The Balaban J connectivity index is 1.77. The number of aliphatic hydroxyl groups is 1. The maximum absolute atomic E-state index is 13.2. The van der Waals surface area contributed by atoms with Crippen molar-refractivity contribution in [3.05, 3.63) is 59.4 Å². The van der Waals surface area contributed by atoms with Gasteiger partial charge < -0.3 is 20.4 Å². The Morgan fingerprint density at radius 3 is 2.71 bits per heavy atom. The van der Waals surface area contributed by atoms with Crippen molar-refractivity contribution in [3.63, 3.8) is 0 Å². The number of benzene rings is 1. The van der Waals surface area contributed by atoms with Gasteiger partial charge in [0.05, 0.1) is 12.1 Å². The summed E-state index contributed by atoms with van der Waals surface area (Å²) in [6.07, 6.45) is 6.20. The number of urea groups is 1. The second-order valence-electron chi connectivity index (χ2n) is 7.66. The topological polar surface area (TPSA) is 85.7 Å². The van der Waals surface area contributed by atoms with E-state index in [4.69, 9.17) is 0 Å². The predicted molar refractivity (Wildman–Crippen MR) is 108 cm³/mol. The molecular weight excluding hydrogens is 354 g/mol. The van der Waals surface area contributed by atoms with Crippen molar-refractivity contribution in [3.8, 4) is 5.75 Å². The Morgan fingerprint density at radius 2 is 2.04 bits per heavy atom. The van der Waals surface area contributed by atoms with Crippen molar-refractivity contribution < 1.29 is 15.0 Å². The van der Waals surface area contributed by atoms with Crippen LogP contribution < -0.4 is 5.32 Å². The highest BCUT2D eigenvalue weighted by atomic mass is 16.3. The molecule has 1 atom stereocenters. The molecule has 0 spiro atoms. The van der Waals surface area contributed by atoms with Crippen LogP contribution >= 0.6 is 0 Å². The SMILES string of the molecule is Cc1ccncc1C(C)NC(=O)N(Cc1cccc(O)c1)C1CCC(O)CC1. The van der Waals surface area contributed by atoms with Crippen LogP contribution in [-0.4, -0.2) is 38.3 Å². The third kappa shape index (κ3) is 5.01. The van der Waals surface area contributed by atoms with Crippen molar-refractivity contribution in [2.75, 3.05) is 0 Å². The van der Waals surface area contributed by atoms with E-state index in [0.29, 0.717) is 19.4 Å². The number of phenolic OH excluding ortho intramolecular Hbond substituents is 1. The van der Waals surface area contributed by atoms with Gasteiger partial charge >= 0.3 is 6.03 Å². The summed E-state index contributed by atoms with van der Waals surface area (Å²) < 4.78 is 0. The molecule has 0 radical (unpaired) electrons. The van der Waals surface area contributed by atoms with Gasteiger partial charge in [-0.15, -0.1) is 0 Å². The number of aliphatic hydroxyl groups excluding tert-OH is 1. The maximum atomic E-state index is 13.2. The molecule has 1 aliphatic carbocycles. The van der Waals surface area contributed by atoms with E-state index in [1.54, 1.807) is 30.6 Å². The number of aromatic nitrogens is 1. The summed E-state index contributed by atoms with van der Waals surface area (Å²) in [6, 6.07) is 8.70. The zero-order valence-electron chi connectivity index (χ0n) is 16.5. The standard InChI is InChI=1S/C22H29N3O3/c1-15-10-11-23-13-21(15)16(2)24-22(28)25(18-6-8-19(26)9-7-18)14-17-4-3-5-20(27)12-17/h3-5,10-13,16,18-19,26-27H,6-9,14H2,1-2H3,(H,24,28). The Labute approximate surface area is 166 Å². The molecule has 0 bridgehead atoms. The third-order valence-corrected chi connectivity index (χ3v) is 5.52. The van der Waals surface area contributed by atoms with Gasteiger partial charge in [0.15, 0.2) is 0 Å². The highest BCUT2D eigenvalue weighted by molar-refractivity contribution is 5.75. The molecule has 150 valence electrons. The van der Waals surface area contributed by atoms with Crippen molar-refractivity contribution in [2.45, 2.75) is 64.3 Å². The highest BCUT2D eigenvalue weighted by Crippen LogP contribution is 2.26. The lowest BCUT2D eigenvalue weighted by atomic mass is 9.92.